The van der Waals surface area contributed by atoms with Gasteiger partial charge < -0.3 is 5.32 Å². The lowest BCUT2D eigenvalue weighted by atomic mass is 9.99. The van der Waals surface area contributed by atoms with Crippen molar-refractivity contribution in [3.8, 4) is 0 Å². The largest absolute Gasteiger partial charge is 0.416 e. The summed E-state index contributed by atoms with van der Waals surface area (Å²) >= 11 is 0. The number of nitrogens with zero attached hydrogens (tertiary/aromatic N) is 4. The van der Waals surface area contributed by atoms with Crippen LogP contribution in [0, 0.1) is 5.92 Å². The van der Waals surface area contributed by atoms with E-state index in [0.29, 0.717) is 25.2 Å². The van der Waals surface area contributed by atoms with Crippen LogP contribution in [0.1, 0.15) is 58.3 Å². The smallest absolute Gasteiger partial charge is 0.346 e. The Morgan fingerprint density at radius 2 is 1.94 bits per heavy atom. The van der Waals surface area contributed by atoms with Crippen LogP contribution in [-0.2, 0) is 32.9 Å². The molecule has 33 heavy (non-hydrogen) atoms. The summed E-state index contributed by atoms with van der Waals surface area (Å²) in [5.74, 6) is 0.0234. The van der Waals surface area contributed by atoms with E-state index >= 15 is 0 Å². The van der Waals surface area contributed by atoms with Crippen LogP contribution in [0.25, 0.3) is 0 Å². The minimum atomic E-state index is -4.35. The average Bonchev–Trinajstić information content (AvgIpc) is 3.33. The molecule has 2 aromatic heterocycles. The van der Waals surface area contributed by atoms with Crippen molar-refractivity contribution in [1.29, 1.82) is 0 Å². The molecule has 0 spiro atoms. The summed E-state index contributed by atoms with van der Waals surface area (Å²) in [6.45, 7) is 5.58. The second-order valence-corrected chi connectivity index (χ2v) is 8.72. The van der Waals surface area contributed by atoms with E-state index in [9.17, 15) is 18.0 Å². The molecule has 0 aliphatic carbocycles. The second-order valence-electron chi connectivity index (χ2n) is 8.72. The molecule has 0 radical (unpaired) electrons. The standard InChI is InChI=1S/C24H26F3N5O/c1-15(2)22-21-18(14-32(22)13-16-4-6-19(7-5-16)24(25,26)27)10-17(11-28-21)23(33)29-12-20-8-9-31(3)30-20/h4-11,15,22H,12-14H2,1-3H3,(H,29,33)/t22-/m0/s1. The third-order valence-corrected chi connectivity index (χ3v) is 5.81. The van der Waals surface area contributed by atoms with Crippen LogP contribution in [0.2, 0.25) is 0 Å². The molecule has 174 valence electrons. The van der Waals surface area contributed by atoms with Crippen LogP contribution in [0.4, 0.5) is 13.2 Å². The number of aromatic nitrogens is 3. The summed E-state index contributed by atoms with van der Waals surface area (Å²) in [5, 5.41) is 7.11. The Labute approximate surface area is 190 Å². The molecule has 1 amide bonds. The van der Waals surface area contributed by atoms with Gasteiger partial charge in [0.1, 0.15) is 0 Å². The number of fused-ring (bicyclic) bond motifs is 1. The van der Waals surface area contributed by atoms with Crippen molar-refractivity contribution >= 4 is 5.91 Å². The van der Waals surface area contributed by atoms with Gasteiger partial charge in [0.25, 0.3) is 5.91 Å². The highest BCUT2D eigenvalue weighted by Crippen LogP contribution is 2.39. The predicted octanol–water partition coefficient (Wildman–Crippen LogP) is 4.48. The van der Waals surface area contributed by atoms with Gasteiger partial charge in [0.15, 0.2) is 0 Å². The fourth-order valence-corrected chi connectivity index (χ4v) is 4.28. The summed E-state index contributed by atoms with van der Waals surface area (Å²) in [6, 6.07) is 9.00. The first-order valence-electron chi connectivity index (χ1n) is 10.8. The second kappa shape index (κ2) is 8.97. The van der Waals surface area contributed by atoms with Gasteiger partial charge in [0.05, 0.1) is 35.1 Å². The third kappa shape index (κ3) is 5.08. The van der Waals surface area contributed by atoms with Crippen molar-refractivity contribution in [2.45, 2.75) is 45.7 Å². The Balaban J connectivity index is 1.48. The first-order chi connectivity index (χ1) is 15.6. The molecule has 0 saturated carbocycles. The Kier molecular flexibility index (Phi) is 6.25. The van der Waals surface area contributed by atoms with E-state index < -0.39 is 11.7 Å². The van der Waals surface area contributed by atoms with Crippen molar-refractivity contribution < 1.29 is 18.0 Å². The molecule has 0 fully saturated rings. The average molecular weight is 458 g/mol. The van der Waals surface area contributed by atoms with Crippen molar-refractivity contribution in [3.05, 3.63) is 82.4 Å². The number of halogens is 3. The number of nitrogens with one attached hydrogen (secondary N) is 1. The van der Waals surface area contributed by atoms with Crippen LogP contribution < -0.4 is 5.32 Å². The molecule has 3 heterocycles. The van der Waals surface area contributed by atoms with Gasteiger partial charge >= 0.3 is 6.18 Å². The molecule has 1 N–H and O–H groups in total. The molecule has 0 saturated heterocycles. The molecule has 1 aromatic carbocycles. The molecule has 1 aliphatic heterocycles. The zero-order valence-electron chi connectivity index (χ0n) is 18.7. The maximum Gasteiger partial charge on any atom is 0.416 e. The number of alkyl halides is 3. The van der Waals surface area contributed by atoms with Crippen molar-refractivity contribution in [1.82, 2.24) is 25.0 Å². The van der Waals surface area contributed by atoms with Gasteiger partial charge in [-0.15, -0.1) is 0 Å². The Hall–Kier alpha value is -3.20. The SMILES string of the molecule is CC(C)[C@H]1c2ncc(C(=O)NCc3ccn(C)n3)cc2CN1Cc1ccc(C(F)(F)F)cc1. The van der Waals surface area contributed by atoms with Gasteiger partial charge in [-0.3, -0.25) is 19.4 Å². The highest BCUT2D eigenvalue weighted by atomic mass is 19.4. The van der Waals surface area contributed by atoms with Gasteiger partial charge in [-0.2, -0.15) is 18.3 Å². The maximum absolute atomic E-state index is 12.9. The minimum Gasteiger partial charge on any atom is -0.346 e. The van der Waals surface area contributed by atoms with E-state index in [0.717, 1.165) is 34.6 Å². The summed E-state index contributed by atoms with van der Waals surface area (Å²) in [7, 11) is 1.82. The number of carbonyl (C=O) groups excluding carboxylic acids is 1. The molecule has 6 nitrogen and oxygen atoms in total. The van der Waals surface area contributed by atoms with Gasteiger partial charge in [-0.25, -0.2) is 0 Å². The zero-order valence-corrected chi connectivity index (χ0v) is 18.7. The topological polar surface area (TPSA) is 63.1 Å². The Morgan fingerprint density at radius 3 is 2.55 bits per heavy atom. The van der Waals surface area contributed by atoms with E-state index in [-0.39, 0.29) is 17.9 Å². The summed E-state index contributed by atoms with van der Waals surface area (Å²) < 4.78 is 40.3. The number of carbonyl (C=O) groups is 1. The van der Waals surface area contributed by atoms with Crippen LogP contribution in [0.3, 0.4) is 0 Å². The lowest BCUT2D eigenvalue weighted by Gasteiger charge is -2.27. The molecule has 3 aromatic rings. The highest BCUT2D eigenvalue weighted by molar-refractivity contribution is 5.94. The monoisotopic (exact) mass is 457 g/mol. The maximum atomic E-state index is 12.9. The van der Waals surface area contributed by atoms with E-state index in [1.807, 2.05) is 25.4 Å². The molecule has 0 bridgehead atoms. The number of rotatable bonds is 6. The van der Waals surface area contributed by atoms with E-state index in [4.69, 9.17) is 0 Å². The number of amides is 1. The van der Waals surface area contributed by atoms with Gasteiger partial charge in [-0.1, -0.05) is 26.0 Å². The predicted molar refractivity (Wildman–Crippen MR) is 117 cm³/mol. The molecular formula is C24H26F3N5O. The summed E-state index contributed by atoms with van der Waals surface area (Å²) in [5.41, 5.74) is 3.27. The van der Waals surface area contributed by atoms with Crippen LogP contribution in [-0.4, -0.2) is 25.6 Å². The number of aryl methyl sites for hydroxylation is 1. The molecule has 9 heteroatoms. The van der Waals surface area contributed by atoms with Gasteiger partial charge in [0.2, 0.25) is 0 Å². The number of pyridine rings is 1. The Morgan fingerprint density at radius 1 is 1.21 bits per heavy atom. The summed E-state index contributed by atoms with van der Waals surface area (Å²) in [4.78, 5) is 19.4. The fraction of sp³-hybridized carbons (Fsp3) is 0.375. The fourth-order valence-electron chi connectivity index (χ4n) is 4.28. The highest BCUT2D eigenvalue weighted by Gasteiger charge is 2.35. The molecule has 1 atom stereocenters. The van der Waals surface area contributed by atoms with Crippen LogP contribution >= 0.6 is 0 Å². The molecule has 4 rings (SSSR count). The molecular weight excluding hydrogens is 431 g/mol. The lowest BCUT2D eigenvalue weighted by Crippen LogP contribution is -2.25. The minimum absolute atomic E-state index is 0.0212. The quantitative estimate of drug-likeness (QED) is 0.593. The van der Waals surface area contributed by atoms with E-state index in [2.05, 4.69) is 34.1 Å². The third-order valence-electron chi connectivity index (χ3n) is 5.81. The zero-order chi connectivity index (χ0) is 23.8. The van der Waals surface area contributed by atoms with E-state index in [1.54, 1.807) is 10.9 Å². The first-order valence-corrected chi connectivity index (χ1v) is 10.8. The Bertz CT molecular complexity index is 1140. The molecule has 0 unspecified atom stereocenters. The van der Waals surface area contributed by atoms with E-state index in [1.165, 1.54) is 12.1 Å². The van der Waals surface area contributed by atoms with Gasteiger partial charge in [0, 0.05) is 32.5 Å². The van der Waals surface area contributed by atoms with Gasteiger partial charge in [-0.05, 0) is 41.3 Å². The van der Waals surface area contributed by atoms with Crippen LogP contribution in [0.5, 0.6) is 0 Å². The normalized spacial score (nSPS) is 16.3. The first kappa shape index (κ1) is 23.0. The van der Waals surface area contributed by atoms with Crippen LogP contribution in [0.15, 0.2) is 48.8 Å². The summed E-state index contributed by atoms with van der Waals surface area (Å²) in [6.07, 6.45) is -0.945. The van der Waals surface area contributed by atoms with Crippen molar-refractivity contribution in [3.63, 3.8) is 0 Å². The molecule has 1 aliphatic rings. The number of benzene rings is 1. The number of hydrogen-bond donors (Lipinski definition) is 1. The van der Waals surface area contributed by atoms with Crippen molar-refractivity contribution in [2.24, 2.45) is 13.0 Å². The lowest BCUT2D eigenvalue weighted by molar-refractivity contribution is -0.137. The number of hydrogen-bond acceptors (Lipinski definition) is 4. The van der Waals surface area contributed by atoms with Crippen molar-refractivity contribution in [2.75, 3.05) is 0 Å².